The lowest BCUT2D eigenvalue weighted by atomic mass is 10.0. The van der Waals surface area contributed by atoms with Crippen molar-refractivity contribution in [3.05, 3.63) is 23.8 Å². The van der Waals surface area contributed by atoms with Crippen LogP contribution in [0.15, 0.2) is 18.2 Å². The third kappa shape index (κ3) is 2.74. The van der Waals surface area contributed by atoms with E-state index in [0.717, 1.165) is 30.0 Å². The topological polar surface area (TPSA) is 56.5 Å². The number of rotatable bonds is 5. The van der Waals surface area contributed by atoms with Gasteiger partial charge in [-0.25, -0.2) is 0 Å². The molecule has 1 heterocycles. The normalized spacial score (nSPS) is 25.4. The monoisotopic (exact) mass is 292 g/mol. The molecule has 1 aliphatic heterocycles. The molecule has 2 fully saturated rings. The van der Waals surface area contributed by atoms with Gasteiger partial charge in [-0.1, -0.05) is 12.2 Å². The van der Waals surface area contributed by atoms with Crippen molar-refractivity contribution in [2.45, 2.75) is 31.4 Å². The van der Waals surface area contributed by atoms with Crippen LogP contribution in [0.1, 0.15) is 24.8 Å². The molecule has 0 aromatic heterocycles. The molecular formula is C15H20N2O2S. The second kappa shape index (κ2) is 5.58. The van der Waals surface area contributed by atoms with E-state index < -0.39 is 0 Å². The molecule has 1 aromatic rings. The van der Waals surface area contributed by atoms with E-state index in [0.29, 0.717) is 23.1 Å². The maximum atomic E-state index is 5.86. The zero-order valence-electron chi connectivity index (χ0n) is 11.6. The van der Waals surface area contributed by atoms with Crippen molar-refractivity contribution < 1.29 is 9.47 Å². The van der Waals surface area contributed by atoms with Crippen LogP contribution in [0.25, 0.3) is 0 Å². The van der Waals surface area contributed by atoms with Crippen LogP contribution in [0.3, 0.4) is 0 Å². The number of ether oxygens (including phenoxy) is 2. The van der Waals surface area contributed by atoms with Crippen LogP contribution in [-0.4, -0.2) is 30.9 Å². The Morgan fingerprint density at radius 1 is 1.40 bits per heavy atom. The van der Waals surface area contributed by atoms with Gasteiger partial charge in [-0.3, -0.25) is 0 Å². The molecule has 20 heavy (non-hydrogen) atoms. The first kappa shape index (κ1) is 13.6. The SMILES string of the molecule is COc1ccc(C(N)=S)c(NC2CCOC2C2CC2)c1. The van der Waals surface area contributed by atoms with E-state index in [1.54, 1.807) is 7.11 Å². The summed E-state index contributed by atoms with van der Waals surface area (Å²) >= 11 is 5.13. The predicted octanol–water partition coefficient (Wildman–Crippen LogP) is 2.31. The van der Waals surface area contributed by atoms with E-state index in [-0.39, 0.29) is 0 Å². The summed E-state index contributed by atoms with van der Waals surface area (Å²) in [5, 5.41) is 3.56. The van der Waals surface area contributed by atoms with E-state index >= 15 is 0 Å². The summed E-state index contributed by atoms with van der Waals surface area (Å²) in [7, 11) is 1.66. The van der Waals surface area contributed by atoms with Gasteiger partial charge >= 0.3 is 0 Å². The number of thiocarbonyl (C=S) groups is 1. The van der Waals surface area contributed by atoms with Crippen LogP contribution in [0, 0.1) is 5.92 Å². The van der Waals surface area contributed by atoms with Gasteiger partial charge in [0.2, 0.25) is 0 Å². The molecule has 0 spiro atoms. The minimum atomic E-state index is 0.320. The molecule has 3 N–H and O–H groups in total. The average Bonchev–Trinajstić information content (AvgIpc) is 3.19. The maximum absolute atomic E-state index is 5.86. The van der Waals surface area contributed by atoms with E-state index in [1.807, 2.05) is 18.2 Å². The number of methoxy groups -OCH3 is 1. The molecule has 1 aliphatic carbocycles. The van der Waals surface area contributed by atoms with Gasteiger partial charge in [0.25, 0.3) is 0 Å². The lowest BCUT2D eigenvalue weighted by molar-refractivity contribution is 0.0898. The van der Waals surface area contributed by atoms with Crippen LogP contribution < -0.4 is 15.8 Å². The van der Waals surface area contributed by atoms with Gasteiger partial charge < -0.3 is 20.5 Å². The lowest BCUT2D eigenvalue weighted by Gasteiger charge is -2.22. The Morgan fingerprint density at radius 3 is 2.85 bits per heavy atom. The molecule has 108 valence electrons. The Bertz CT molecular complexity index is 517. The Labute approximate surface area is 124 Å². The fraction of sp³-hybridized carbons (Fsp3) is 0.533. The number of anilines is 1. The summed E-state index contributed by atoms with van der Waals surface area (Å²) in [6.45, 7) is 0.825. The Morgan fingerprint density at radius 2 is 2.20 bits per heavy atom. The van der Waals surface area contributed by atoms with Crippen LogP contribution in [0.5, 0.6) is 5.75 Å². The first-order valence-electron chi connectivity index (χ1n) is 7.05. The number of hydrogen-bond donors (Lipinski definition) is 2. The second-order valence-electron chi connectivity index (χ2n) is 5.49. The minimum absolute atomic E-state index is 0.320. The van der Waals surface area contributed by atoms with Crippen molar-refractivity contribution in [2.75, 3.05) is 19.0 Å². The van der Waals surface area contributed by atoms with Crippen molar-refractivity contribution >= 4 is 22.9 Å². The third-order valence-electron chi connectivity index (χ3n) is 4.06. The van der Waals surface area contributed by atoms with Gasteiger partial charge in [-0.15, -0.1) is 0 Å². The van der Waals surface area contributed by atoms with Gasteiger partial charge in [0.05, 0.1) is 19.3 Å². The highest BCUT2D eigenvalue weighted by Gasteiger charge is 2.40. The Hall–Kier alpha value is -1.33. The van der Waals surface area contributed by atoms with Crippen molar-refractivity contribution in [1.82, 2.24) is 0 Å². The second-order valence-corrected chi connectivity index (χ2v) is 5.93. The maximum Gasteiger partial charge on any atom is 0.120 e. The summed E-state index contributed by atoms with van der Waals surface area (Å²) in [4.78, 5) is 0.400. The van der Waals surface area contributed by atoms with Crippen molar-refractivity contribution in [3.63, 3.8) is 0 Å². The van der Waals surface area contributed by atoms with Crippen molar-refractivity contribution in [2.24, 2.45) is 11.7 Å². The fourth-order valence-corrected chi connectivity index (χ4v) is 3.02. The molecule has 2 aliphatic rings. The van der Waals surface area contributed by atoms with Crippen LogP contribution in [0.2, 0.25) is 0 Å². The highest BCUT2D eigenvalue weighted by atomic mass is 32.1. The van der Waals surface area contributed by atoms with Crippen LogP contribution >= 0.6 is 12.2 Å². The Balaban J connectivity index is 1.82. The molecular weight excluding hydrogens is 272 g/mol. The highest BCUT2D eigenvalue weighted by Crippen LogP contribution is 2.40. The standard InChI is InChI=1S/C15H20N2O2S/c1-18-10-4-5-11(15(16)20)13(8-10)17-12-6-7-19-14(12)9-2-3-9/h4-5,8-9,12,14,17H,2-3,6-7H2,1H3,(H2,16,20). The smallest absolute Gasteiger partial charge is 0.120 e. The van der Waals surface area contributed by atoms with E-state index in [2.05, 4.69) is 5.32 Å². The van der Waals surface area contributed by atoms with Gasteiger partial charge in [-0.05, 0) is 37.3 Å². The minimum Gasteiger partial charge on any atom is -0.497 e. The van der Waals surface area contributed by atoms with Crippen LogP contribution in [0.4, 0.5) is 5.69 Å². The molecule has 0 bridgehead atoms. The molecule has 3 rings (SSSR count). The summed E-state index contributed by atoms with van der Waals surface area (Å²) in [5.74, 6) is 1.52. The summed E-state index contributed by atoms with van der Waals surface area (Å²) in [6, 6.07) is 6.08. The summed E-state index contributed by atoms with van der Waals surface area (Å²) in [5.41, 5.74) is 7.61. The number of nitrogens with one attached hydrogen (secondary N) is 1. The van der Waals surface area contributed by atoms with E-state index in [4.69, 9.17) is 27.4 Å². The van der Waals surface area contributed by atoms with Crippen molar-refractivity contribution in [1.29, 1.82) is 0 Å². The molecule has 0 radical (unpaired) electrons. The van der Waals surface area contributed by atoms with E-state index in [1.165, 1.54) is 12.8 Å². The number of nitrogens with two attached hydrogens (primary N) is 1. The molecule has 2 unspecified atom stereocenters. The van der Waals surface area contributed by atoms with Crippen molar-refractivity contribution in [3.8, 4) is 5.75 Å². The summed E-state index contributed by atoms with van der Waals surface area (Å²) in [6.07, 6.45) is 3.90. The molecule has 1 saturated heterocycles. The van der Waals surface area contributed by atoms with Gasteiger partial charge in [0.15, 0.2) is 0 Å². The quantitative estimate of drug-likeness (QED) is 0.816. The molecule has 5 heteroatoms. The highest BCUT2D eigenvalue weighted by molar-refractivity contribution is 7.80. The summed E-state index contributed by atoms with van der Waals surface area (Å²) < 4.78 is 11.1. The Kier molecular flexibility index (Phi) is 3.81. The average molecular weight is 292 g/mol. The lowest BCUT2D eigenvalue weighted by Crippen LogP contribution is -2.31. The number of benzene rings is 1. The largest absolute Gasteiger partial charge is 0.497 e. The van der Waals surface area contributed by atoms with Gasteiger partial charge in [0, 0.05) is 23.9 Å². The zero-order valence-corrected chi connectivity index (χ0v) is 12.4. The van der Waals surface area contributed by atoms with Gasteiger partial charge in [0.1, 0.15) is 10.7 Å². The molecule has 0 amide bonds. The fourth-order valence-electron chi connectivity index (χ4n) is 2.84. The first-order chi connectivity index (χ1) is 9.69. The van der Waals surface area contributed by atoms with Crippen LogP contribution in [-0.2, 0) is 4.74 Å². The molecule has 1 aromatic carbocycles. The van der Waals surface area contributed by atoms with Gasteiger partial charge in [-0.2, -0.15) is 0 Å². The predicted molar refractivity (Wildman–Crippen MR) is 83.4 cm³/mol. The number of hydrogen-bond acceptors (Lipinski definition) is 4. The first-order valence-corrected chi connectivity index (χ1v) is 7.46. The molecule has 2 atom stereocenters. The molecule has 1 saturated carbocycles. The van der Waals surface area contributed by atoms with E-state index in [9.17, 15) is 0 Å². The zero-order chi connectivity index (χ0) is 14.1. The molecule has 4 nitrogen and oxygen atoms in total. The third-order valence-corrected chi connectivity index (χ3v) is 4.28.